The highest BCUT2D eigenvalue weighted by atomic mass is 32.2. The van der Waals surface area contributed by atoms with Crippen LogP contribution in [0.2, 0.25) is 0 Å². The lowest BCUT2D eigenvalue weighted by atomic mass is 10.2. The van der Waals surface area contributed by atoms with E-state index in [0.717, 1.165) is 12.8 Å². The van der Waals surface area contributed by atoms with E-state index in [0.29, 0.717) is 5.75 Å². The molecule has 3 atom stereocenters. The molecule has 0 aromatic carbocycles. The second-order valence-corrected chi connectivity index (χ2v) is 5.68. The number of carbonyl (C=O) groups excluding carboxylic acids is 1. The molecule has 0 aromatic heterocycles. The molecule has 2 N–H and O–H groups in total. The van der Waals surface area contributed by atoms with Crippen molar-refractivity contribution in [1.82, 2.24) is 10.2 Å². The van der Waals surface area contributed by atoms with Gasteiger partial charge in [0, 0.05) is 11.8 Å². The molecule has 0 bridgehead atoms. The topological polar surface area (TPSA) is 69.6 Å². The first-order valence-corrected chi connectivity index (χ1v) is 6.95. The number of carboxylic acids is 1. The number of carbonyl (C=O) groups is 2. The van der Waals surface area contributed by atoms with Crippen LogP contribution in [0.3, 0.4) is 0 Å². The zero-order valence-corrected chi connectivity index (χ0v) is 11.3. The van der Waals surface area contributed by atoms with E-state index in [4.69, 9.17) is 5.11 Å². The molecule has 1 fully saturated rings. The molecule has 1 heterocycles. The summed E-state index contributed by atoms with van der Waals surface area (Å²) >= 11 is 1.49. The molecule has 0 saturated carbocycles. The van der Waals surface area contributed by atoms with Crippen molar-refractivity contribution in [2.45, 2.75) is 51.1 Å². The summed E-state index contributed by atoms with van der Waals surface area (Å²) in [6.45, 7) is 5.85. The van der Waals surface area contributed by atoms with Gasteiger partial charge in [-0.15, -0.1) is 11.8 Å². The number of thioether (sulfide) groups is 1. The maximum atomic E-state index is 12.0. The summed E-state index contributed by atoms with van der Waals surface area (Å²) in [4.78, 5) is 24.5. The third-order valence-corrected chi connectivity index (χ3v) is 4.05. The highest BCUT2D eigenvalue weighted by Crippen LogP contribution is 2.28. The van der Waals surface area contributed by atoms with Crippen molar-refractivity contribution in [1.29, 1.82) is 0 Å². The number of nitrogens with one attached hydrogen (secondary N) is 1. The Hall–Kier alpha value is -0.910. The van der Waals surface area contributed by atoms with Gasteiger partial charge in [-0.05, 0) is 20.3 Å². The molecule has 98 valence electrons. The van der Waals surface area contributed by atoms with Crippen LogP contribution in [-0.4, -0.2) is 45.2 Å². The van der Waals surface area contributed by atoms with Crippen LogP contribution in [0.25, 0.3) is 0 Å². The van der Waals surface area contributed by atoms with Crippen LogP contribution < -0.4 is 5.32 Å². The molecule has 17 heavy (non-hydrogen) atoms. The van der Waals surface area contributed by atoms with E-state index in [-0.39, 0.29) is 17.4 Å². The third kappa shape index (κ3) is 3.52. The van der Waals surface area contributed by atoms with Crippen molar-refractivity contribution < 1.29 is 14.7 Å². The van der Waals surface area contributed by atoms with Gasteiger partial charge in [0.2, 0.25) is 0 Å². The van der Waals surface area contributed by atoms with Crippen molar-refractivity contribution in [3.05, 3.63) is 0 Å². The van der Waals surface area contributed by atoms with E-state index in [1.807, 2.05) is 13.8 Å². The Kier molecular flexibility index (Phi) is 5.11. The van der Waals surface area contributed by atoms with Crippen LogP contribution in [0.4, 0.5) is 4.79 Å². The summed E-state index contributed by atoms with van der Waals surface area (Å²) in [6, 6.07) is -0.889. The number of hydrogen-bond acceptors (Lipinski definition) is 3. The Morgan fingerprint density at radius 1 is 1.59 bits per heavy atom. The Morgan fingerprint density at radius 2 is 2.24 bits per heavy atom. The van der Waals surface area contributed by atoms with Gasteiger partial charge in [-0.1, -0.05) is 13.3 Å². The molecule has 1 aliphatic heterocycles. The van der Waals surface area contributed by atoms with Crippen LogP contribution >= 0.6 is 11.8 Å². The van der Waals surface area contributed by atoms with E-state index in [2.05, 4.69) is 12.2 Å². The maximum Gasteiger partial charge on any atom is 0.327 e. The molecule has 0 radical (unpaired) electrons. The van der Waals surface area contributed by atoms with E-state index < -0.39 is 12.0 Å². The molecule has 1 aliphatic rings. The Bertz CT molecular complexity index is 298. The lowest BCUT2D eigenvalue weighted by molar-refractivity contribution is -0.141. The fourth-order valence-corrected chi connectivity index (χ4v) is 3.10. The molecular weight excluding hydrogens is 240 g/mol. The average Bonchev–Trinajstić information content (AvgIpc) is 2.60. The van der Waals surface area contributed by atoms with E-state index in [1.165, 1.54) is 16.7 Å². The van der Waals surface area contributed by atoms with Gasteiger partial charge in [-0.2, -0.15) is 0 Å². The van der Waals surface area contributed by atoms with Crippen molar-refractivity contribution in [3.63, 3.8) is 0 Å². The van der Waals surface area contributed by atoms with Gasteiger partial charge in [-0.3, -0.25) is 4.90 Å². The first-order chi connectivity index (χ1) is 7.97. The minimum atomic E-state index is -0.930. The first-order valence-electron chi connectivity index (χ1n) is 5.90. The Balaban J connectivity index is 2.62. The summed E-state index contributed by atoms with van der Waals surface area (Å²) in [5, 5.41) is 11.8. The van der Waals surface area contributed by atoms with Crippen LogP contribution in [0.15, 0.2) is 0 Å². The van der Waals surface area contributed by atoms with Gasteiger partial charge in [0.1, 0.15) is 6.04 Å². The number of carboxylic acid groups (broad SMARTS) is 1. The quantitative estimate of drug-likeness (QED) is 0.807. The number of urea groups is 1. The normalized spacial score (nSPS) is 25.7. The van der Waals surface area contributed by atoms with E-state index >= 15 is 0 Å². The molecule has 3 unspecified atom stereocenters. The van der Waals surface area contributed by atoms with Gasteiger partial charge in [0.25, 0.3) is 0 Å². The van der Waals surface area contributed by atoms with Gasteiger partial charge >= 0.3 is 12.0 Å². The SMILES string of the molecule is CCCC(C)NC(=O)N1C(C)SCC1C(=O)O. The van der Waals surface area contributed by atoms with E-state index in [9.17, 15) is 9.59 Å². The highest BCUT2D eigenvalue weighted by Gasteiger charge is 2.39. The number of rotatable bonds is 4. The predicted octanol–water partition coefficient (Wildman–Crippen LogP) is 1.73. The van der Waals surface area contributed by atoms with Crippen LogP contribution in [0, 0.1) is 0 Å². The van der Waals surface area contributed by atoms with Crippen molar-refractivity contribution in [3.8, 4) is 0 Å². The smallest absolute Gasteiger partial charge is 0.327 e. The summed E-state index contributed by atoms with van der Waals surface area (Å²) in [5.41, 5.74) is 0. The summed E-state index contributed by atoms with van der Waals surface area (Å²) in [6.07, 6.45) is 1.90. The lowest BCUT2D eigenvalue weighted by Crippen LogP contribution is -2.51. The molecule has 6 heteroatoms. The fraction of sp³-hybridized carbons (Fsp3) is 0.818. The molecule has 0 aromatic rings. The Labute approximate surface area is 106 Å². The highest BCUT2D eigenvalue weighted by molar-refractivity contribution is 8.00. The zero-order valence-electron chi connectivity index (χ0n) is 10.5. The fourth-order valence-electron chi connectivity index (χ4n) is 1.93. The van der Waals surface area contributed by atoms with Gasteiger partial charge in [-0.25, -0.2) is 9.59 Å². The summed E-state index contributed by atoms with van der Waals surface area (Å²) in [7, 11) is 0. The number of aliphatic carboxylic acids is 1. The van der Waals surface area contributed by atoms with Gasteiger partial charge in [0.05, 0.1) is 5.37 Å². The van der Waals surface area contributed by atoms with Crippen molar-refractivity contribution in [2.24, 2.45) is 0 Å². The second kappa shape index (κ2) is 6.14. The molecule has 0 aliphatic carbocycles. The monoisotopic (exact) mass is 260 g/mol. The van der Waals surface area contributed by atoms with Crippen LogP contribution in [-0.2, 0) is 4.79 Å². The third-order valence-electron chi connectivity index (χ3n) is 2.83. The molecule has 2 amide bonds. The standard InChI is InChI=1S/C11H20N2O3S/c1-4-5-7(2)12-11(16)13-8(3)17-6-9(13)10(14)15/h7-9H,4-6H2,1-3H3,(H,12,16)(H,14,15). The summed E-state index contributed by atoms with van der Waals surface area (Å²) in [5.74, 6) is -0.466. The molecule has 1 saturated heterocycles. The van der Waals surface area contributed by atoms with Crippen molar-refractivity contribution >= 4 is 23.8 Å². The van der Waals surface area contributed by atoms with Crippen molar-refractivity contribution in [2.75, 3.05) is 5.75 Å². The van der Waals surface area contributed by atoms with Crippen LogP contribution in [0.5, 0.6) is 0 Å². The summed E-state index contributed by atoms with van der Waals surface area (Å²) < 4.78 is 0. The minimum absolute atomic E-state index is 0.0788. The zero-order chi connectivity index (χ0) is 13.0. The molecular formula is C11H20N2O3S. The Morgan fingerprint density at radius 3 is 2.76 bits per heavy atom. The van der Waals surface area contributed by atoms with Gasteiger partial charge in [0.15, 0.2) is 0 Å². The lowest BCUT2D eigenvalue weighted by Gasteiger charge is -2.27. The van der Waals surface area contributed by atoms with E-state index in [1.54, 1.807) is 0 Å². The van der Waals surface area contributed by atoms with Crippen LogP contribution in [0.1, 0.15) is 33.6 Å². The number of amides is 2. The number of hydrogen-bond donors (Lipinski definition) is 2. The molecule has 1 rings (SSSR count). The minimum Gasteiger partial charge on any atom is -0.480 e. The predicted molar refractivity (Wildman–Crippen MR) is 68.1 cm³/mol. The maximum absolute atomic E-state index is 12.0. The molecule has 0 spiro atoms. The first kappa shape index (κ1) is 14.2. The second-order valence-electron chi connectivity index (χ2n) is 4.33. The van der Waals surface area contributed by atoms with Gasteiger partial charge < -0.3 is 10.4 Å². The average molecular weight is 260 g/mol. The largest absolute Gasteiger partial charge is 0.480 e. The molecule has 5 nitrogen and oxygen atoms in total. The number of nitrogens with zero attached hydrogens (tertiary/aromatic N) is 1.